The number of aromatic nitrogens is 2. The zero-order chi connectivity index (χ0) is 25.9. The van der Waals surface area contributed by atoms with E-state index in [2.05, 4.69) is 11.9 Å². The molecule has 2 heterocycles. The minimum atomic E-state index is -4.45. The summed E-state index contributed by atoms with van der Waals surface area (Å²) in [5, 5.41) is 0. The van der Waals surface area contributed by atoms with Crippen LogP contribution in [0, 0.1) is 17.8 Å². The van der Waals surface area contributed by atoms with Crippen molar-refractivity contribution in [1.29, 1.82) is 0 Å². The number of aryl methyl sites for hydroxylation is 1. The van der Waals surface area contributed by atoms with E-state index in [0.29, 0.717) is 30.1 Å². The Hall–Kier alpha value is -2.22. The molecule has 1 aliphatic heterocycles. The second-order valence-corrected chi connectivity index (χ2v) is 10.7. The molecular weight excluding hydrogens is 467 g/mol. The average Bonchev–Trinajstić information content (AvgIpc) is 3.38. The minimum Gasteiger partial charge on any atom is -0.471 e. The predicted octanol–water partition coefficient (Wildman–Crippen LogP) is 6.47. The van der Waals surface area contributed by atoms with Crippen molar-refractivity contribution in [3.05, 3.63) is 29.5 Å². The van der Waals surface area contributed by atoms with Gasteiger partial charge in [0.25, 0.3) is 0 Å². The van der Waals surface area contributed by atoms with Crippen LogP contribution in [-0.2, 0) is 17.4 Å². The maximum atomic E-state index is 13.3. The zero-order valence-electron chi connectivity index (χ0n) is 21.6. The molecule has 2 aliphatic rings. The van der Waals surface area contributed by atoms with Gasteiger partial charge in [-0.05, 0) is 56.3 Å². The summed E-state index contributed by atoms with van der Waals surface area (Å²) in [7, 11) is 1.89. The molecule has 0 bridgehead atoms. The molecule has 2 fully saturated rings. The van der Waals surface area contributed by atoms with E-state index in [0.717, 1.165) is 49.5 Å². The second kappa shape index (κ2) is 11.4. The van der Waals surface area contributed by atoms with Crippen LogP contribution >= 0.6 is 0 Å². The van der Waals surface area contributed by atoms with Crippen molar-refractivity contribution in [1.82, 2.24) is 14.9 Å². The number of alkyl halides is 3. The molecule has 1 saturated heterocycles. The van der Waals surface area contributed by atoms with Crippen molar-refractivity contribution in [2.45, 2.75) is 90.0 Å². The Morgan fingerprint density at radius 2 is 1.94 bits per heavy atom. The van der Waals surface area contributed by atoms with Crippen LogP contribution < -0.4 is 4.74 Å². The van der Waals surface area contributed by atoms with Crippen molar-refractivity contribution in [3.63, 3.8) is 0 Å². The van der Waals surface area contributed by atoms with Gasteiger partial charge < -0.3 is 9.53 Å². The number of hydrogen-bond acceptors (Lipinski definition) is 5. The molecule has 0 radical (unpaired) electrons. The molecule has 198 valence electrons. The van der Waals surface area contributed by atoms with Gasteiger partial charge in [0.05, 0.1) is 22.6 Å². The summed E-state index contributed by atoms with van der Waals surface area (Å²) >= 11 is 0. The molecule has 2 aromatic rings. The van der Waals surface area contributed by atoms with Crippen molar-refractivity contribution in [2.75, 3.05) is 13.6 Å². The Labute approximate surface area is 211 Å². The molecule has 1 unspecified atom stereocenters. The van der Waals surface area contributed by atoms with Gasteiger partial charge >= 0.3 is 6.18 Å². The van der Waals surface area contributed by atoms with Crippen LogP contribution in [0.1, 0.15) is 76.5 Å². The summed E-state index contributed by atoms with van der Waals surface area (Å²) < 4.78 is 46.3. The van der Waals surface area contributed by atoms with Crippen molar-refractivity contribution >= 4 is 17.3 Å². The predicted molar refractivity (Wildman–Crippen MR) is 134 cm³/mol. The van der Waals surface area contributed by atoms with Crippen molar-refractivity contribution in [3.8, 4) is 5.88 Å². The van der Waals surface area contributed by atoms with Crippen LogP contribution in [0.5, 0.6) is 5.88 Å². The molecule has 8 heteroatoms. The number of unbranched alkanes of at least 4 members (excludes halogenated alkanes) is 2. The number of likely N-dealkylation sites (tertiary alicyclic amines) is 1. The van der Waals surface area contributed by atoms with Gasteiger partial charge in [0.1, 0.15) is 18.1 Å². The minimum absolute atomic E-state index is 0.00671. The molecule has 4 rings (SSSR count). The van der Waals surface area contributed by atoms with Gasteiger partial charge in [-0.2, -0.15) is 13.2 Å². The van der Waals surface area contributed by atoms with Gasteiger partial charge in [0.2, 0.25) is 5.88 Å². The lowest BCUT2D eigenvalue weighted by Gasteiger charge is -2.22. The highest BCUT2D eigenvalue weighted by molar-refractivity contribution is 5.76. The number of benzene rings is 1. The van der Waals surface area contributed by atoms with Gasteiger partial charge in [0.15, 0.2) is 0 Å². The molecule has 1 aromatic heterocycles. The molecular formula is C28H38F3N3O2. The van der Waals surface area contributed by atoms with Crippen LogP contribution in [-0.4, -0.2) is 46.9 Å². The lowest BCUT2D eigenvalue weighted by molar-refractivity contribution is -0.137. The second-order valence-electron chi connectivity index (χ2n) is 10.7. The van der Waals surface area contributed by atoms with E-state index in [9.17, 15) is 18.0 Å². The van der Waals surface area contributed by atoms with Crippen LogP contribution in [0.3, 0.4) is 0 Å². The summed E-state index contributed by atoms with van der Waals surface area (Å²) in [5.74, 6) is 1.95. The van der Waals surface area contributed by atoms with Gasteiger partial charge in [-0.25, -0.2) is 9.97 Å². The van der Waals surface area contributed by atoms with Crippen LogP contribution in [0.25, 0.3) is 11.0 Å². The van der Waals surface area contributed by atoms with E-state index in [4.69, 9.17) is 9.72 Å². The van der Waals surface area contributed by atoms with Gasteiger partial charge in [0, 0.05) is 12.5 Å². The maximum Gasteiger partial charge on any atom is 0.416 e. The number of likely N-dealkylation sites (N-methyl/N-ethyl adjacent to an activating group) is 1. The summed E-state index contributed by atoms with van der Waals surface area (Å²) in [6.07, 6.45) is 6.11. The molecule has 5 nitrogen and oxygen atoms in total. The molecule has 1 saturated carbocycles. The molecule has 0 N–H and O–H groups in total. The van der Waals surface area contributed by atoms with Crippen LogP contribution in [0.15, 0.2) is 18.2 Å². The normalized spacial score (nSPS) is 27.1. The fourth-order valence-corrected chi connectivity index (χ4v) is 6.10. The first-order valence-corrected chi connectivity index (χ1v) is 13.4. The lowest BCUT2D eigenvalue weighted by atomic mass is 9.92. The fourth-order valence-electron chi connectivity index (χ4n) is 6.10. The highest BCUT2D eigenvalue weighted by atomic mass is 19.4. The highest BCUT2D eigenvalue weighted by Crippen LogP contribution is 2.36. The van der Waals surface area contributed by atoms with Gasteiger partial charge in [-0.3, -0.25) is 4.90 Å². The number of fused-ring (bicyclic) bond motifs is 1. The Morgan fingerprint density at radius 1 is 1.14 bits per heavy atom. The first-order valence-electron chi connectivity index (χ1n) is 13.4. The summed E-state index contributed by atoms with van der Waals surface area (Å²) in [6, 6.07) is 3.23. The molecule has 0 amide bonds. The third kappa shape index (κ3) is 6.01. The van der Waals surface area contributed by atoms with Crippen LogP contribution in [0.4, 0.5) is 13.2 Å². The number of nitrogens with zero attached hydrogens (tertiary/aromatic N) is 3. The number of ether oxygens (including phenoxy) is 1. The topological polar surface area (TPSA) is 55.3 Å². The molecule has 1 aromatic carbocycles. The smallest absolute Gasteiger partial charge is 0.416 e. The van der Waals surface area contributed by atoms with E-state index < -0.39 is 11.7 Å². The van der Waals surface area contributed by atoms with Gasteiger partial charge in [-0.1, -0.05) is 52.4 Å². The molecule has 36 heavy (non-hydrogen) atoms. The van der Waals surface area contributed by atoms with Crippen molar-refractivity contribution < 1.29 is 22.7 Å². The highest BCUT2D eigenvalue weighted by Gasteiger charge is 2.41. The third-order valence-corrected chi connectivity index (χ3v) is 8.32. The van der Waals surface area contributed by atoms with Gasteiger partial charge in [-0.15, -0.1) is 0 Å². The Morgan fingerprint density at radius 3 is 2.61 bits per heavy atom. The third-order valence-electron chi connectivity index (χ3n) is 8.32. The summed E-state index contributed by atoms with van der Waals surface area (Å²) in [6.45, 7) is 4.93. The number of carbonyl (C=O) groups is 1. The van der Waals surface area contributed by atoms with Crippen LogP contribution in [0.2, 0.25) is 0 Å². The first kappa shape index (κ1) is 26.8. The van der Waals surface area contributed by atoms with E-state index in [-0.39, 0.29) is 23.6 Å². The summed E-state index contributed by atoms with van der Waals surface area (Å²) in [5.41, 5.74) is 0.539. The summed E-state index contributed by atoms with van der Waals surface area (Å²) in [4.78, 5) is 22.8. The van der Waals surface area contributed by atoms with E-state index >= 15 is 0 Å². The fraction of sp³-hybridized carbons (Fsp3) is 0.679. The first-order chi connectivity index (χ1) is 17.2. The molecule has 1 aliphatic carbocycles. The lowest BCUT2D eigenvalue weighted by Crippen LogP contribution is -2.31. The molecule has 0 spiro atoms. The van der Waals surface area contributed by atoms with Crippen molar-refractivity contribution in [2.24, 2.45) is 17.8 Å². The van der Waals surface area contributed by atoms with E-state index in [1.54, 1.807) is 0 Å². The SMILES string of the molecule is CC[C@@H]1[C@@H](Oc2nc3cc(C(F)(F)F)ccc3nc2CCCCC[C@@H]2CCCC2C)CN(C)[C@@H]1C=O. The van der Waals surface area contributed by atoms with E-state index in [1.165, 1.54) is 38.2 Å². The Kier molecular flexibility index (Phi) is 8.53. The number of carbonyl (C=O) groups excluding carboxylic acids is 1. The number of aldehydes is 1. The Bertz CT molecular complexity index is 1040. The molecule has 5 atom stereocenters. The number of halogens is 3. The Balaban J connectivity index is 1.53. The number of hydrogen-bond donors (Lipinski definition) is 0. The zero-order valence-corrected chi connectivity index (χ0v) is 21.6. The largest absolute Gasteiger partial charge is 0.471 e. The average molecular weight is 506 g/mol. The number of rotatable bonds is 10. The monoisotopic (exact) mass is 505 g/mol. The maximum absolute atomic E-state index is 13.3. The standard InChI is InChI=1S/C28H38F3N3O2/c1-4-21-25(17-35)34(3)16-26(21)36-27-23(12-7-5-6-10-19-11-8-9-18(19)2)32-22-14-13-20(28(29,30)31)15-24(22)33-27/h13-15,17-19,21,25-26H,4-12,16H2,1-3H3/t18?,19-,21+,25-,26+/m1/s1. The van der Waals surface area contributed by atoms with E-state index in [1.807, 2.05) is 18.9 Å². The quantitative estimate of drug-likeness (QED) is 0.273.